The zero-order chi connectivity index (χ0) is 14.2. The quantitative estimate of drug-likeness (QED) is 0.793. The molecule has 0 aliphatic carbocycles. The van der Waals surface area contributed by atoms with Crippen molar-refractivity contribution < 1.29 is 13.2 Å². The smallest absolute Gasteiger partial charge is 0.238 e. The number of aryl methyl sites for hydroxylation is 1. The molecule has 0 saturated heterocycles. The molecule has 102 valence electrons. The topological polar surface area (TPSA) is 17.8 Å². The van der Waals surface area contributed by atoms with Crippen LogP contribution >= 0.6 is 0 Å². The van der Waals surface area contributed by atoms with E-state index in [-0.39, 0.29) is 5.92 Å². The second-order valence-corrected chi connectivity index (χ2v) is 4.83. The number of rotatable bonds is 2. The lowest BCUT2D eigenvalue weighted by atomic mass is 10.1. The molecular weight excluding hydrogens is 253 g/mol. The minimum absolute atomic E-state index is 0.241. The molecule has 0 N–H and O–H groups in total. The highest BCUT2D eigenvalue weighted by atomic mass is 19.4. The van der Waals surface area contributed by atoms with Crippen LogP contribution in [0.4, 0.5) is 13.2 Å². The summed E-state index contributed by atoms with van der Waals surface area (Å²) in [4.78, 5) is 0. The van der Waals surface area contributed by atoms with Crippen molar-refractivity contribution in [1.82, 2.24) is 9.78 Å². The van der Waals surface area contributed by atoms with E-state index in [1.54, 1.807) is 10.7 Å². The van der Waals surface area contributed by atoms with Crippen LogP contribution in [0, 0.1) is 6.92 Å². The number of aromatic nitrogens is 2. The monoisotopic (exact) mass is 268 g/mol. The van der Waals surface area contributed by atoms with E-state index in [1.165, 1.54) is 6.07 Å². The zero-order valence-electron chi connectivity index (χ0n) is 11.0. The molecule has 19 heavy (non-hydrogen) atoms. The van der Waals surface area contributed by atoms with Crippen molar-refractivity contribution in [3.05, 3.63) is 47.3 Å². The fraction of sp³-hybridized carbons (Fsp3) is 0.357. The van der Waals surface area contributed by atoms with Crippen LogP contribution in [0.2, 0.25) is 0 Å². The predicted molar refractivity (Wildman–Crippen MR) is 67.4 cm³/mol. The lowest BCUT2D eigenvalue weighted by molar-refractivity contribution is -0.137. The van der Waals surface area contributed by atoms with Crippen LogP contribution in [-0.2, 0) is 6.18 Å². The highest BCUT2D eigenvalue weighted by Gasteiger charge is 2.30. The van der Waals surface area contributed by atoms with Gasteiger partial charge in [0, 0.05) is 5.69 Å². The van der Waals surface area contributed by atoms with Crippen LogP contribution in [0.15, 0.2) is 30.3 Å². The van der Waals surface area contributed by atoms with Gasteiger partial charge in [0.15, 0.2) is 0 Å². The van der Waals surface area contributed by atoms with E-state index in [1.807, 2.05) is 26.8 Å². The van der Waals surface area contributed by atoms with Gasteiger partial charge in [-0.1, -0.05) is 19.9 Å². The highest BCUT2D eigenvalue weighted by Crippen LogP contribution is 2.30. The van der Waals surface area contributed by atoms with Crippen molar-refractivity contribution >= 4 is 0 Å². The fourth-order valence-corrected chi connectivity index (χ4v) is 1.86. The minimum atomic E-state index is -4.34. The van der Waals surface area contributed by atoms with E-state index in [0.29, 0.717) is 5.69 Å². The number of hydrogen-bond donors (Lipinski definition) is 0. The molecule has 0 aliphatic heterocycles. The molecule has 2 aromatic rings. The van der Waals surface area contributed by atoms with Crippen molar-refractivity contribution in [2.75, 3.05) is 0 Å². The number of halogens is 3. The molecule has 1 heterocycles. The lowest BCUT2D eigenvalue weighted by Gasteiger charge is -2.10. The van der Waals surface area contributed by atoms with E-state index in [9.17, 15) is 13.2 Å². The van der Waals surface area contributed by atoms with Gasteiger partial charge in [-0.05, 0) is 37.1 Å². The minimum Gasteiger partial charge on any atom is -0.238 e. The molecule has 0 spiro atoms. The first-order chi connectivity index (χ1) is 8.79. The molecule has 0 aliphatic rings. The molecular formula is C14H15F3N2. The van der Waals surface area contributed by atoms with Gasteiger partial charge in [-0.25, -0.2) is 4.68 Å². The lowest BCUT2D eigenvalue weighted by Crippen LogP contribution is -2.07. The summed E-state index contributed by atoms with van der Waals surface area (Å²) in [5.41, 5.74) is 1.46. The van der Waals surface area contributed by atoms with Crippen molar-refractivity contribution in [3.8, 4) is 5.69 Å². The van der Waals surface area contributed by atoms with Gasteiger partial charge in [0.25, 0.3) is 0 Å². The molecule has 0 saturated carbocycles. The molecule has 0 fully saturated rings. The SMILES string of the molecule is Cc1cc(C(C)C)nn1-c1cccc(C(F)(F)F)c1. The Morgan fingerprint density at radius 3 is 2.37 bits per heavy atom. The molecule has 1 aromatic carbocycles. The summed E-state index contributed by atoms with van der Waals surface area (Å²) in [6.07, 6.45) is -4.34. The largest absolute Gasteiger partial charge is 0.416 e. The van der Waals surface area contributed by atoms with Gasteiger partial charge < -0.3 is 0 Å². The highest BCUT2D eigenvalue weighted by molar-refractivity contribution is 5.38. The summed E-state index contributed by atoms with van der Waals surface area (Å²) >= 11 is 0. The van der Waals surface area contributed by atoms with Gasteiger partial charge in [0.1, 0.15) is 0 Å². The Kier molecular flexibility index (Phi) is 3.39. The van der Waals surface area contributed by atoms with Crippen LogP contribution in [-0.4, -0.2) is 9.78 Å². The summed E-state index contributed by atoms with van der Waals surface area (Å²) < 4.78 is 39.6. The Bertz CT molecular complexity index is 583. The molecule has 0 bridgehead atoms. The number of hydrogen-bond acceptors (Lipinski definition) is 1. The average molecular weight is 268 g/mol. The van der Waals surface area contributed by atoms with Gasteiger partial charge in [0.05, 0.1) is 16.9 Å². The normalized spacial score (nSPS) is 12.2. The van der Waals surface area contributed by atoms with Crippen molar-refractivity contribution in [1.29, 1.82) is 0 Å². The molecule has 1 aromatic heterocycles. The third kappa shape index (κ3) is 2.80. The third-order valence-electron chi connectivity index (χ3n) is 2.92. The van der Waals surface area contributed by atoms with Crippen LogP contribution in [0.25, 0.3) is 5.69 Å². The predicted octanol–water partition coefficient (Wildman–Crippen LogP) is 4.32. The Balaban J connectivity index is 2.48. The maximum atomic E-state index is 12.7. The average Bonchev–Trinajstić information content (AvgIpc) is 2.71. The molecule has 5 heteroatoms. The second kappa shape index (κ2) is 4.72. The van der Waals surface area contributed by atoms with Gasteiger partial charge >= 0.3 is 6.18 Å². The first-order valence-corrected chi connectivity index (χ1v) is 6.03. The molecule has 0 unspecified atom stereocenters. The molecule has 0 atom stereocenters. The maximum Gasteiger partial charge on any atom is 0.416 e. The van der Waals surface area contributed by atoms with E-state index < -0.39 is 11.7 Å². The summed E-state index contributed by atoms with van der Waals surface area (Å²) in [5.74, 6) is 0.241. The van der Waals surface area contributed by atoms with Gasteiger partial charge in [-0.3, -0.25) is 0 Å². The zero-order valence-corrected chi connectivity index (χ0v) is 11.0. The summed E-state index contributed by atoms with van der Waals surface area (Å²) in [6.45, 7) is 5.83. The summed E-state index contributed by atoms with van der Waals surface area (Å²) in [7, 11) is 0. The Hall–Kier alpha value is -1.78. The summed E-state index contributed by atoms with van der Waals surface area (Å²) in [5, 5.41) is 4.35. The van der Waals surface area contributed by atoms with Crippen molar-refractivity contribution in [2.24, 2.45) is 0 Å². The Morgan fingerprint density at radius 2 is 1.84 bits per heavy atom. The van der Waals surface area contributed by atoms with Crippen molar-refractivity contribution in [2.45, 2.75) is 32.9 Å². The second-order valence-electron chi connectivity index (χ2n) is 4.83. The number of nitrogens with zero attached hydrogens (tertiary/aromatic N) is 2. The van der Waals surface area contributed by atoms with Crippen molar-refractivity contribution in [3.63, 3.8) is 0 Å². The fourth-order valence-electron chi connectivity index (χ4n) is 1.86. The maximum absolute atomic E-state index is 12.7. The molecule has 2 rings (SSSR count). The van der Waals surface area contributed by atoms with Gasteiger partial charge in [-0.2, -0.15) is 18.3 Å². The number of alkyl halides is 3. The standard InChI is InChI=1S/C14H15F3N2/c1-9(2)13-7-10(3)19(18-13)12-6-4-5-11(8-12)14(15,16)17/h4-9H,1-3H3. The van der Waals surface area contributed by atoms with E-state index in [4.69, 9.17) is 0 Å². The molecule has 2 nitrogen and oxygen atoms in total. The van der Waals surface area contributed by atoms with Gasteiger partial charge in [0.2, 0.25) is 0 Å². The van der Waals surface area contributed by atoms with E-state index in [0.717, 1.165) is 23.5 Å². The van der Waals surface area contributed by atoms with Crippen LogP contribution in [0.5, 0.6) is 0 Å². The van der Waals surface area contributed by atoms with Crippen LogP contribution in [0.3, 0.4) is 0 Å². The molecule has 0 amide bonds. The van der Waals surface area contributed by atoms with Crippen LogP contribution < -0.4 is 0 Å². The van der Waals surface area contributed by atoms with E-state index in [2.05, 4.69) is 5.10 Å². The van der Waals surface area contributed by atoms with Crippen LogP contribution in [0.1, 0.15) is 36.7 Å². The first kappa shape index (κ1) is 13.6. The molecule has 0 radical (unpaired) electrons. The number of benzene rings is 1. The Labute approximate surface area is 109 Å². The van der Waals surface area contributed by atoms with E-state index >= 15 is 0 Å². The Morgan fingerprint density at radius 1 is 1.16 bits per heavy atom. The first-order valence-electron chi connectivity index (χ1n) is 6.03. The third-order valence-corrected chi connectivity index (χ3v) is 2.92. The van der Waals surface area contributed by atoms with Gasteiger partial charge in [-0.15, -0.1) is 0 Å². The summed E-state index contributed by atoms with van der Waals surface area (Å²) in [6, 6.07) is 7.09.